The van der Waals surface area contributed by atoms with Crippen molar-refractivity contribution in [3.8, 4) is 0 Å². The second kappa shape index (κ2) is 11.3. The highest BCUT2D eigenvalue weighted by Crippen LogP contribution is 2.55. The van der Waals surface area contributed by atoms with E-state index in [-0.39, 0.29) is 19.0 Å². The first-order chi connectivity index (χ1) is 11.3. The van der Waals surface area contributed by atoms with E-state index in [0.29, 0.717) is 6.42 Å². The molecule has 0 saturated carbocycles. The van der Waals surface area contributed by atoms with Crippen molar-refractivity contribution in [1.82, 2.24) is 9.55 Å². The quantitative estimate of drug-likeness (QED) is 0.311. The molecule has 0 fully saturated rings. The molecule has 0 amide bonds. The van der Waals surface area contributed by atoms with E-state index in [2.05, 4.69) is 13.6 Å². The van der Waals surface area contributed by atoms with E-state index in [1.807, 2.05) is 0 Å². The molecule has 0 spiro atoms. The molecule has 6 N–H and O–H groups in total. The molecule has 0 saturated heterocycles. The normalized spacial score (nSPS) is 15.4. The smallest absolute Gasteiger partial charge is 0.349 e. The molecule has 3 unspecified atom stereocenters. The lowest BCUT2D eigenvalue weighted by Crippen LogP contribution is -2.27. The molecule has 3 atom stereocenters. The number of nitrogen functional groups attached to an aromatic ring is 1. The number of rotatable bonds is 11. The molecule has 1 heterocycles. The fraction of sp³-hybridized carbons (Fsp3) is 0.556. The fourth-order valence-corrected chi connectivity index (χ4v) is 3.32. The van der Waals surface area contributed by atoms with Gasteiger partial charge in [-0.3, -0.25) is 4.57 Å². The van der Waals surface area contributed by atoms with Crippen molar-refractivity contribution in [1.29, 1.82) is 0 Å². The molecular formula is C9H18N3O9P3. The van der Waals surface area contributed by atoms with Crippen molar-refractivity contribution >= 4 is 31.6 Å². The van der Waals surface area contributed by atoms with Gasteiger partial charge < -0.3 is 34.6 Å². The minimum atomic E-state index is -2.81. The average molecular weight is 405 g/mol. The van der Waals surface area contributed by atoms with Crippen molar-refractivity contribution in [3.05, 3.63) is 22.7 Å². The third kappa shape index (κ3) is 8.66. The molecule has 1 aromatic heterocycles. The molecule has 24 heavy (non-hydrogen) atoms. The summed E-state index contributed by atoms with van der Waals surface area (Å²) >= 11 is 0. The van der Waals surface area contributed by atoms with Gasteiger partial charge in [-0.15, -0.1) is 0 Å². The number of hydrogen-bond donors (Lipinski definition) is 5. The van der Waals surface area contributed by atoms with Crippen LogP contribution in [0.4, 0.5) is 5.82 Å². The van der Waals surface area contributed by atoms with Crippen molar-refractivity contribution in [2.45, 2.75) is 19.1 Å². The van der Waals surface area contributed by atoms with Crippen molar-refractivity contribution in [2.24, 2.45) is 0 Å². The lowest BCUT2D eigenvalue weighted by Gasteiger charge is -2.18. The first-order valence-corrected chi connectivity index (χ1v) is 9.75. The Bertz CT molecular complexity index is 548. The molecule has 0 bridgehead atoms. The predicted octanol–water partition coefficient (Wildman–Crippen LogP) is -0.0697. The molecular weight excluding hydrogens is 387 g/mol. The summed E-state index contributed by atoms with van der Waals surface area (Å²) in [4.78, 5) is 50.7. The van der Waals surface area contributed by atoms with Crippen LogP contribution in [0, 0.1) is 0 Å². The van der Waals surface area contributed by atoms with Gasteiger partial charge in [0, 0.05) is 19.9 Å². The van der Waals surface area contributed by atoms with E-state index in [1.165, 1.54) is 23.9 Å². The van der Waals surface area contributed by atoms with E-state index < -0.39 is 37.6 Å². The van der Waals surface area contributed by atoms with Crippen molar-refractivity contribution < 1.29 is 37.5 Å². The summed E-state index contributed by atoms with van der Waals surface area (Å²) in [6.07, 6.45) is 1.39. The molecule has 1 aromatic rings. The Morgan fingerprint density at radius 1 is 1.29 bits per heavy atom. The number of aryl methyl sites for hydroxylation is 1. The van der Waals surface area contributed by atoms with Crippen molar-refractivity contribution in [2.75, 3.05) is 19.5 Å². The minimum absolute atomic E-state index is 0.0912. The van der Waals surface area contributed by atoms with Gasteiger partial charge in [-0.05, 0) is 12.5 Å². The highest BCUT2D eigenvalue weighted by Gasteiger charge is 2.21. The van der Waals surface area contributed by atoms with Crippen LogP contribution in [0.3, 0.4) is 0 Å². The zero-order valence-electron chi connectivity index (χ0n) is 12.5. The number of nitrogens with two attached hydrogens (primary N) is 1. The van der Waals surface area contributed by atoms with Gasteiger partial charge in [-0.25, -0.2) is 13.4 Å². The summed E-state index contributed by atoms with van der Waals surface area (Å²) in [5, 5.41) is 0. The SMILES string of the molecule is COC(CCn1ccc(N)nc1=O)COP(O)OP(O)OP(O)O. The van der Waals surface area contributed by atoms with Gasteiger partial charge in [0.2, 0.25) is 0 Å². The van der Waals surface area contributed by atoms with E-state index in [0.717, 1.165) is 0 Å². The van der Waals surface area contributed by atoms with Crippen LogP contribution < -0.4 is 11.4 Å². The van der Waals surface area contributed by atoms with Crippen LogP contribution in [-0.4, -0.2) is 48.9 Å². The lowest BCUT2D eigenvalue weighted by atomic mass is 10.2. The van der Waals surface area contributed by atoms with E-state index in [4.69, 9.17) is 29.7 Å². The topological polar surface area (TPSA) is 179 Å². The molecule has 12 nitrogen and oxygen atoms in total. The number of hydrogen-bond acceptors (Lipinski definition) is 11. The number of ether oxygens (including phenoxy) is 1. The molecule has 138 valence electrons. The Morgan fingerprint density at radius 2 is 2.00 bits per heavy atom. The number of aromatic nitrogens is 2. The highest BCUT2D eigenvalue weighted by atomic mass is 31.3. The number of nitrogens with zero attached hydrogens (tertiary/aromatic N) is 2. The van der Waals surface area contributed by atoms with Crippen LogP contribution in [0.2, 0.25) is 0 Å². The van der Waals surface area contributed by atoms with Crippen LogP contribution in [-0.2, 0) is 24.4 Å². The van der Waals surface area contributed by atoms with Crippen LogP contribution in [0.15, 0.2) is 17.1 Å². The second-order valence-corrected chi connectivity index (χ2v) is 7.18. The summed E-state index contributed by atoms with van der Waals surface area (Å²) in [7, 11) is -6.55. The Kier molecular flexibility index (Phi) is 10.2. The molecule has 0 aromatic carbocycles. The molecule has 1 rings (SSSR count). The molecule has 15 heteroatoms. The first-order valence-electron chi connectivity index (χ1n) is 6.32. The zero-order chi connectivity index (χ0) is 18.1. The van der Waals surface area contributed by atoms with Gasteiger partial charge in [-0.1, -0.05) is 0 Å². The van der Waals surface area contributed by atoms with Crippen LogP contribution >= 0.6 is 25.8 Å². The standard InChI is InChI=1S/C9H18N3O9P3/c1-18-7(2-4-12-5-3-8(10)11-9(12)13)6-19-23(16)21-24(17)20-22(14)15/h3,5,7,14-17H,2,4,6H2,1H3,(H2,10,11,13). The van der Waals surface area contributed by atoms with Gasteiger partial charge >= 0.3 is 31.5 Å². The third-order valence-electron chi connectivity index (χ3n) is 2.57. The summed E-state index contributed by atoms with van der Waals surface area (Å²) in [6.45, 7) is 0.194. The zero-order valence-corrected chi connectivity index (χ0v) is 15.2. The van der Waals surface area contributed by atoms with Crippen LogP contribution in [0.1, 0.15) is 6.42 Å². The maximum absolute atomic E-state index is 11.6. The maximum atomic E-state index is 11.6. The van der Waals surface area contributed by atoms with E-state index >= 15 is 0 Å². The largest absolute Gasteiger partial charge is 0.383 e. The monoisotopic (exact) mass is 405 g/mol. The Morgan fingerprint density at radius 3 is 2.58 bits per heavy atom. The van der Waals surface area contributed by atoms with Gasteiger partial charge in [0.25, 0.3) is 0 Å². The van der Waals surface area contributed by atoms with Gasteiger partial charge in [0.15, 0.2) is 0 Å². The van der Waals surface area contributed by atoms with Crippen LogP contribution in [0.25, 0.3) is 0 Å². The average Bonchev–Trinajstić information content (AvgIpc) is 2.48. The Balaban J connectivity index is 2.37. The van der Waals surface area contributed by atoms with E-state index in [9.17, 15) is 9.69 Å². The van der Waals surface area contributed by atoms with Gasteiger partial charge in [-0.2, -0.15) is 4.98 Å². The Labute approximate surface area is 140 Å². The molecule has 0 radical (unpaired) electrons. The van der Waals surface area contributed by atoms with Gasteiger partial charge in [0.1, 0.15) is 5.82 Å². The summed E-state index contributed by atoms with van der Waals surface area (Å²) in [5.41, 5.74) is 4.90. The van der Waals surface area contributed by atoms with Crippen molar-refractivity contribution in [3.63, 3.8) is 0 Å². The molecule has 0 aliphatic carbocycles. The molecule has 0 aliphatic rings. The third-order valence-corrected chi connectivity index (χ3v) is 5.20. The van der Waals surface area contributed by atoms with E-state index in [1.54, 1.807) is 0 Å². The summed E-state index contributed by atoms with van der Waals surface area (Å²) < 4.78 is 20.1. The Hall–Kier alpha value is -0.350. The number of methoxy groups -OCH3 is 1. The highest BCUT2D eigenvalue weighted by molar-refractivity contribution is 7.60. The first kappa shape index (κ1) is 21.7. The van der Waals surface area contributed by atoms with Gasteiger partial charge in [0.05, 0.1) is 12.7 Å². The fourth-order valence-electron chi connectivity index (χ4n) is 1.47. The maximum Gasteiger partial charge on any atom is 0.349 e. The summed E-state index contributed by atoms with van der Waals surface area (Å²) in [6, 6.07) is 1.49. The predicted molar refractivity (Wildman–Crippen MR) is 86.1 cm³/mol. The number of anilines is 1. The van der Waals surface area contributed by atoms with Crippen LogP contribution in [0.5, 0.6) is 0 Å². The second-order valence-electron chi connectivity index (χ2n) is 4.16. The summed E-state index contributed by atoms with van der Waals surface area (Å²) in [5.74, 6) is 0.128. The molecule has 0 aliphatic heterocycles. The minimum Gasteiger partial charge on any atom is -0.383 e. The lowest BCUT2D eigenvalue weighted by molar-refractivity contribution is 0.0448.